The third-order valence-electron chi connectivity index (χ3n) is 3.96. The average Bonchev–Trinajstić information content (AvgIpc) is 2.77. The molecule has 1 aromatic rings. The van der Waals surface area contributed by atoms with Gasteiger partial charge < -0.3 is 9.47 Å². The lowest BCUT2D eigenvalue weighted by molar-refractivity contribution is -0.140. The summed E-state index contributed by atoms with van der Waals surface area (Å²) < 4.78 is 8.98. The minimum atomic E-state index is -1.06. The Labute approximate surface area is 171 Å². The molecule has 0 aliphatic heterocycles. The Hall–Kier alpha value is -4.20. The number of hydrogen-bond donors (Lipinski definition) is 0. The molecule has 0 spiro atoms. The van der Waals surface area contributed by atoms with Gasteiger partial charge in [-0.2, -0.15) is 0 Å². The van der Waals surface area contributed by atoms with Crippen molar-refractivity contribution in [3.05, 3.63) is 76.9 Å². The maximum atomic E-state index is 12.0. The van der Waals surface area contributed by atoms with Crippen molar-refractivity contribution in [1.29, 1.82) is 0 Å². The molecule has 0 amide bonds. The molecular formula is C22H16O8. The van der Waals surface area contributed by atoms with Crippen LogP contribution in [0.15, 0.2) is 65.8 Å². The van der Waals surface area contributed by atoms with Crippen LogP contribution in [-0.2, 0) is 33.4 Å². The third kappa shape index (κ3) is 5.20. The van der Waals surface area contributed by atoms with Crippen molar-refractivity contribution in [2.24, 2.45) is 0 Å². The Morgan fingerprint density at radius 2 is 1.30 bits per heavy atom. The van der Waals surface area contributed by atoms with E-state index in [1.165, 1.54) is 31.4 Å². The number of esters is 2. The molecule has 0 unspecified atom stereocenters. The van der Waals surface area contributed by atoms with Crippen molar-refractivity contribution in [3.63, 3.8) is 0 Å². The lowest BCUT2D eigenvalue weighted by Crippen LogP contribution is -2.26. The normalized spacial score (nSPS) is 13.8. The van der Waals surface area contributed by atoms with E-state index in [2.05, 4.69) is 9.47 Å². The molecule has 0 bridgehead atoms. The fraction of sp³-hybridized carbons (Fsp3) is 0.0909. The number of allylic oxidation sites excluding steroid dienone is 6. The second kappa shape index (κ2) is 9.83. The summed E-state index contributed by atoms with van der Waals surface area (Å²) in [5.41, 5.74) is 0.354. The molecule has 1 aromatic carbocycles. The van der Waals surface area contributed by atoms with Crippen molar-refractivity contribution in [2.45, 2.75) is 0 Å². The van der Waals surface area contributed by atoms with Gasteiger partial charge in [-0.15, -0.1) is 0 Å². The highest BCUT2D eigenvalue weighted by atomic mass is 16.5. The van der Waals surface area contributed by atoms with Crippen LogP contribution in [0.4, 0.5) is 0 Å². The first kappa shape index (κ1) is 22.1. The highest BCUT2D eigenvalue weighted by molar-refractivity contribution is 6.55. The van der Waals surface area contributed by atoms with Crippen LogP contribution >= 0.6 is 0 Å². The van der Waals surface area contributed by atoms with E-state index >= 15 is 0 Å². The average molecular weight is 408 g/mol. The van der Waals surface area contributed by atoms with Crippen molar-refractivity contribution >= 4 is 41.1 Å². The van der Waals surface area contributed by atoms with Gasteiger partial charge in [0.15, 0.2) is 0 Å². The van der Waals surface area contributed by atoms with Gasteiger partial charge in [0.05, 0.1) is 19.8 Å². The van der Waals surface area contributed by atoms with Crippen LogP contribution < -0.4 is 0 Å². The van der Waals surface area contributed by atoms with Gasteiger partial charge in [0.1, 0.15) is 5.57 Å². The summed E-state index contributed by atoms with van der Waals surface area (Å²) in [4.78, 5) is 70.5. The Balaban J connectivity index is 2.06. The van der Waals surface area contributed by atoms with E-state index in [4.69, 9.17) is 0 Å². The van der Waals surface area contributed by atoms with Gasteiger partial charge in [-0.3, -0.25) is 19.2 Å². The molecule has 0 aromatic heterocycles. The van der Waals surface area contributed by atoms with E-state index in [9.17, 15) is 28.8 Å². The first-order valence-electron chi connectivity index (χ1n) is 8.50. The summed E-state index contributed by atoms with van der Waals surface area (Å²) in [7, 11) is 2.33. The molecule has 2 rings (SSSR count). The monoisotopic (exact) mass is 408 g/mol. The van der Waals surface area contributed by atoms with Gasteiger partial charge in [0, 0.05) is 5.57 Å². The van der Waals surface area contributed by atoms with Gasteiger partial charge in [-0.1, -0.05) is 18.2 Å². The molecule has 1 aliphatic carbocycles. The molecule has 30 heavy (non-hydrogen) atoms. The van der Waals surface area contributed by atoms with Gasteiger partial charge in [-0.05, 0) is 48.1 Å². The standard InChI is InChI=1S/C22H16O8/c1-29-21(27)15-6-3-13(4-7-15)5-11-17(23)18(24)12-9-14-8-10-16(22(28)30-2)20(26)19(14)25/h3-12H,1-2H3. The summed E-state index contributed by atoms with van der Waals surface area (Å²) >= 11 is 0. The van der Waals surface area contributed by atoms with Gasteiger partial charge in [0.2, 0.25) is 23.1 Å². The Morgan fingerprint density at radius 1 is 0.733 bits per heavy atom. The lowest BCUT2D eigenvalue weighted by atomic mass is 9.95. The Bertz CT molecular complexity index is 1050. The molecule has 0 heterocycles. The summed E-state index contributed by atoms with van der Waals surface area (Å²) in [6.45, 7) is 0. The maximum Gasteiger partial charge on any atom is 0.342 e. The van der Waals surface area contributed by atoms with Crippen molar-refractivity contribution < 1.29 is 38.2 Å². The number of rotatable bonds is 7. The number of Topliss-reactive ketones (excluding diaryl/α,β-unsaturated/α-hetero) is 2. The molecule has 8 heteroatoms. The Morgan fingerprint density at radius 3 is 1.87 bits per heavy atom. The van der Waals surface area contributed by atoms with E-state index in [0.717, 1.165) is 31.4 Å². The molecule has 1 aliphatic rings. The molecule has 0 saturated heterocycles. The van der Waals surface area contributed by atoms with Crippen LogP contribution in [0.5, 0.6) is 0 Å². The quantitative estimate of drug-likeness (QED) is 0.218. The number of carbonyl (C=O) groups excluding carboxylic acids is 6. The largest absolute Gasteiger partial charge is 0.465 e. The highest BCUT2D eigenvalue weighted by Gasteiger charge is 2.29. The van der Waals surface area contributed by atoms with Crippen molar-refractivity contribution in [2.75, 3.05) is 14.2 Å². The minimum absolute atomic E-state index is 0.142. The lowest BCUT2D eigenvalue weighted by Gasteiger charge is -2.08. The number of carbonyl (C=O) groups is 6. The molecule has 152 valence electrons. The minimum Gasteiger partial charge on any atom is -0.465 e. The van der Waals surface area contributed by atoms with Crippen LogP contribution in [-0.4, -0.2) is 49.3 Å². The van der Waals surface area contributed by atoms with E-state index < -0.39 is 40.6 Å². The molecule has 0 radical (unpaired) electrons. The van der Waals surface area contributed by atoms with Crippen LogP contribution in [0.1, 0.15) is 15.9 Å². The second-order valence-corrected chi connectivity index (χ2v) is 5.86. The van der Waals surface area contributed by atoms with Crippen molar-refractivity contribution in [3.8, 4) is 0 Å². The topological polar surface area (TPSA) is 121 Å². The summed E-state index contributed by atoms with van der Waals surface area (Å²) in [5, 5.41) is 0. The predicted octanol–water partition coefficient (Wildman–Crippen LogP) is 1.36. The molecule has 8 nitrogen and oxygen atoms in total. The zero-order valence-corrected chi connectivity index (χ0v) is 16.0. The number of benzene rings is 1. The number of hydrogen-bond acceptors (Lipinski definition) is 8. The smallest absolute Gasteiger partial charge is 0.342 e. The van der Waals surface area contributed by atoms with Crippen LogP contribution in [0.3, 0.4) is 0 Å². The SMILES string of the molecule is COC(=O)C1=CC=C(C=CC(=O)C(=O)C=Cc2ccc(C(=O)OC)cc2)C(=O)C1=O. The van der Waals surface area contributed by atoms with E-state index in [1.807, 2.05) is 0 Å². The molecular weight excluding hydrogens is 392 g/mol. The van der Waals surface area contributed by atoms with Gasteiger partial charge in [0.25, 0.3) is 0 Å². The number of ketones is 4. The summed E-state index contributed by atoms with van der Waals surface area (Å²) in [6, 6.07) is 6.15. The fourth-order valence-corrected chi connectivity index (χ4v) is 2.33. The maximum absolute atomic E-state index is 12.0. The van der Waals surface area contributed by atoms with E-state index in [0.29, 0.717) is 11.1 Å². The zero-order valence-electron chi connectivity index (χ0n) is 16.0. The number of ether oxygens (including phenoxy) is 2. The fourth-order valence-electron chi connectivity index (χ4n) is 2.33. The molecule has 0 fully saturated rings. The zero-order chi connectivity index (χ0) is 22.3. The molecule has 0 saturated carbocycles. The third-order valence-corrected chi connectivity index (χ3v) is 3.96. The number of methoxy groups -OCH3 is 2. The molecule has 0 atom stereocenters. The summed E-state index contributed by atoms with van der Waals surface area (Å²) in [5.74, 6) is -5.26. The first-order chi connectivity index (χ1) is 14.3. The van der Waals surface area contributed by atoms with Crippen molar-refractivity contribution in [1.82, 2.24) is 0 Å². The van der Waals surface area contributed by atoms with Crippen LogP contribution in [0.2, 0.25) is 0 Å². The first-order valence-corrected chi connectivity index (χ1v) is 8.50. The summed E-state index contributed by atoms with van der Waals surface area (Å²) in [6.07, 6.45) is 6.61. The Kier molecular flexibility index (Phi) is 7.24. The van der Waals surface area contributed by atoms with Crippen LogP contribution in [0.25, 0.3) is 6.08 Å². The predicted molar refractivity (Wildman–Crippen MR) is 104 cm³/mol. The van der Waals surface area contributed by atoms with Crippen LogP contribution in [0, 0.1) is 0 Å². The second-order valence-electron chi connectivity index (χ2n) is 5.86. The van der Waals surface area contributed by atoms with Gasteiger partial charge in [-0.25, -0.2) is 9.59 Å². The van der Waals surface area contributed by atoms with Gasteiger partial charge >= 0.3 is 11.9 Å². The highest BCUT2D eigenvalue weighted by Crippen LogP contribution is 2.14. The van der Waals surface area contributed by atoms with E-state index in [-0.39, 0.29) is 5.57 Å². The molecule has 0 N–H and O–H groups in total. The van der Waals surface area contributed by atoms with E-state index in [1.54, 1.807) is 12.1 Å².